The maximum atomic E-state index is 12.3. The van der Waals surface area contributed by atoms with E-state index >= 15 is 0 Å². The molecule has 2 bridgehead atoms. The molecule has 0 aromatic heterocycles. The van der Waals surface area contributed by atoms with Gasteiger partial charge in [-0.15, -0.1) is 0 Å². The van der Waals surface area contributed by atoms with Crippen molar-refractivity contribution in [2.45, 2.75) is 50.6 Å². The number of hydrogen-bond donors (Lipinski definition) is 2. The zero-order chi connectivity index (χ0) is 14.2. The molecule has 21 heavy (non-hydrogen) atoms. The van der Waals surface area contributed by atoms with Crippen LogP contribution in [0.5, 0.6) is 5.75 Å². The van der Waals surface area contributed by atoms with Crippen LogP contribution in [-0.4, -0.2) is 24.6 Å². The second kappa shape index (κ2) is 5.34. The first-order chi connectivity index (χ1) is 10.3. The lowest BCUT2D eigenvalue weighted by atomic mass is 9.89. The average Bonchev–Trinajstić information content (AvgIpc) is 3.04. The van der Waals surface area contributed by atoms with E-state index in [0.29, 0.717) is 24.4 Å². The lowest BCUT2D eigenvalue weighted by Gasteiger charge is -2.28. The molecule has 4 nitrogen and oxygen atoms in total. The summed E-state index contributed by atoms with van der Waals surface area (Å²) >= 11 is 0. The van der Waals surface area contributed by atoms with Crippen molar-refractivity contribution in [3.63, 3.8) is 0 Å². The number of fused-ring (bicyclic) bond motifs is 3. The minimum Gasteiger partial charge on any atom is -0.493 e. The number of anilines is 1. The van der Waals surface area contributed by atoms with E-state index < -0.39 is 0 Å². The number of nitrogens with one attached hydrogen (secondary N) is 2. The van der Waals surface area contributed by atoms with Crippen LogP contribution >= 0.6 is 0 Å². The smallest absolute Gasteiger partial charge is 0.224 e. The summed E-state index contributed by atoms with van der Waals surface area (Å²) in [6.45, 7) is 0.755. The van der Waals surface area contributed by atoms with Crippen LogP contribution in [0.1, 0.15) is 37.7 Å². The third-order valence-electron chi connectivity index (χ3n) is 5.02. The zero-order valence-corrected chi connectivity index (χ0v) is 12.2. The SMILES string of the molecule is O=C(CC1CC2CCC(C1)N2)Nc1ccc2c(c1)CCO2. The molecular weight excluding hydrogens is 264 g/mol. The number of piperidine rings is 1. The van der Waals surface area contributed by atoms with Crippen molar-refractivity contribution in [2.24, 2.45) is 5.92 Å². The van der Waals surface area contributed by atoms with Crippen molar-refractivity contribution < 1.29 is 9.53 Å². The fraction of sp³-hybridized carbons (Fsp3) is 0.588. The molecule has 3 aliphatic heterocycles. The molecule has 2 N–H and O–H groups in total. The average molecular weight is 286 g/mol. The van der Waals surface area contributed by atoms with Gasteiger partial charge in [0.1, 0.15) is 5.75 Å². The highest BCUT2D eigenvalue weighted by molar-refractivity contribution is 5.91. The maximum Gasteiger partial charge on any atom is 0.224 e. The van der Waals surface area contributed by atoms with Crippen LogP contribution < -0.4 is 15.4 Å². The summed E-state index contributed by atoms with van der Waals surface area (Å²) in [5.74, 6) is 1.66. The molecule has 0 aliphatic carbocycles. The lowest BCUT2D eigenvalue weighted by Crippen LogP contribution is -2.39. The van der Waals surface area contributed by atoms with Crippen molar-refractivity contribution in [3.8, 4) is 5.75 Å². The molecule has 2 unspecified atom stereocenters. The molecule has 2 atom stereocenters. The van der Waals surface area contributed by atoms with Gasteiger partial charge in [-0.25, -0.2) is 0 Å². The zero-order valence-electron chi connectivity index (χ0n) is 12.2. The van der Waals surface area contributed by atoms with Crippen LogP contribution in [0.3, 0.4) is 0 Å². The minimum atomic E-state index is 0.153. The second-order valence-corrected chi connectivity index (χ2v) is 6.65. The minimum absolute atomic E-state index is 0.153. The van der Waals surface area contributed by atoms with Crippen LogP contribution in [0.4, 0.5) is 5.69 Å². The summed E-state index contributed by atoms with van der Waals surface area (Å²) < 4.78 is 5.49. The Morgan fingerprint density at radius 1 is 1.29 bits per heavy atom. The van der Waals surface area contributed by atoms with E-state index in [0.717, 1.165) is 37.3 Å². The molecule has 112 valence electrons. The van der Waals surface area contributed by atoms with E-state index in [1.165, 1.54) is 18.4 Å². The summed E-state index contributed by atoms with van der Waals surface area (Å²) in [7, 11) is 0. The number of rotatable bonds is 3. The van der Waals surface area contributed by atoms with Gasteiger partial charge < -0.3 is 15.4 Å². The summed E-state index contributed by atoms with van der Waals surface area (Å²) in [5, 5.41) is 6.68. The third kappa shape index (κ3) is 2.77. The van der Waals surface area contributed by atoms with Crippen LogP contribution in [0.25, 0.3) is 0 Å². The van der Waals surface area contributed by atoms with Gasteiger partial charge in [0.15, 0.2) is 0 Å². The Morgan fingerprint density at radius 2 is 2.10 bits per heavy atom. The molecule has 1 amide bonds. The quantitative estimate of drug-likeness (QED) is 0.897. The van der Waals surface area contributed by atoms with E-state index in [1.54, 1.807) is 0 Å². The van der Waals surface area contributed by atoms with Gasteiger partial charge in [0.2, 0.25) is 5.91 Å². The Kier molecular flexibility index (Phi) is 3.34. The number of benzene rings is 1. The molecule has 2 saturated heterocycles. The van der Waals surface area contributed by atoms with Gasteiger partial charge in [-0.1, -0.05) is 0 Å². The Hall–Kier alpha value is -1.55. The number of ether oxygens (including phenoxy) is 1. The van der Waals surface area contributed by atoms with Crippen molar-refractivity contribution >= 4 is 11.6 Å². The fourth-order valence-corrected chi connectivity index (χ4v) is 4.08. The van der Waals surface area contributed by atoms with Crippen LogP contribution in [0, 0.1) is 5.92 Å². The topological polar surface area (TPSA) is 50.4 Å². The predicted octanol–water partition coefficient (Wildman–Crippen LogP) is 2.48. The summed E-state index contributed by atoms with van der Waals surface area (Å²) in [4.78, 5) is 12.3. The fourth-order valence-electron chi connectivity index (χ4n) is 4.08. The van der Waals surface area contributed by atoms with Gasteiger partial charge in [0.05, 0.1) is 6.61 Å². The van der Waals surface area contributed by atoms with Gasteiger partial charge in [-0.05, 0) is 55.4 Å². The molecule has 3 aliphatic rings. The highest BCUT2D eigenvalue weighted by Gasteiger charge is 2.34. The first-order valence-electron chi connectivity index (χ1n) is 8.08. The van der Waals surface area contributed by atoms with Gasteiger partial charge in [-0.3, -0.25) is 4.79 Å². The highest BCUT2D eigenvalue weighted by Crippen LogP contribution is 2.33. The molecule has 0 saturated carbocycles. The Labute approximate surface area is 125 Å². The van der Waals surface area contributed by atoms with Gasteiger partial charge in [0.25, 0.3) is 0 Å². The standard InChI is InChI=1S/C17H22N2O2/c20-17(9-11-7-13-1-2-14(8-11)18-13)19-15-3-4-16-12(10-15)5-6-21-16/h3-4,10-11,13-14,18H,1-2,5-9H2,(H,19,20). The monoisotopic (exact) mass is 286 g/mol. The molecule has 1 aromatic rings. The van der Waals surface area contributed by atoms with E-state index in [-0.39, 0.29) is 5.91 Å². The third-order valence-corrected chi connectivity index (χ3v) is 5.02. The molecule has 0 radical (unpaired) electrons. The predicted molar refractivity (Wildman–Crippen MR) is 81.6 cm³/mol. The lowest BCUT2D eigenvalue weighted by molar-refractivity contribution is -0.117. The largest absolute Gasteiger partial charge is 0.493 e. The summed E-state index contributed by atoms with van der Waals surface area (Å²) in [5.41, 5.74) is 2.11. The van der Waals surface area contributed by atoms with Gasteiger partial charge >= 0.3 is 0 Å². The number of amides is 1. The van der Waals surface area contributed by atoms with E-state index in [1.807, 2.05) is 18.2 Å². The van der Waals surface area contributed by atoms with Crippen molar-refractivity contribution in [1.29, 1.82) is 0 Å². The molecular formula is C17H22N2O2. The highest BCUT2D eigenvalue weighted by atomic mass is 16.5. The maximum absolute atomic E-state index is 12.3. The van der Waals surface area contributed by atoms with Crippen LogP contribution in [-0.2, 0) is 11.2 Å². The van der Waals surface area contributed by atoms with Crippen molar-refractivity contribution in [3.05, 3.63) is 23.8 Å². The van der Waals surface area contributed by atoms with Crippen molar-refractivity contribution in [1.82, 2.24) is 5.32 Å². The van der Waals surface area contributed by atoms with Gasteiger partial charge in [-0.2, -0.15) is 0 Å². The number of carbonyl (C=O) groups is 1. The first kappa shape index (κ1) is 13.1. The summed E-state index contributed by atoms with van der Waals surface area (Å²) in [6, 6.07) is 7.25. The Balaban J connectivity index is 1.35. The molecule has 4 rings (SSSR count). The molecule has 4 heteroatoms. The summed E-state index contributed by atoms with van der Waals surface area (Å²) in [6.07, 6.45) is 6.48. The molecule has 2 fully saturated rings. The number of hydrogen-bond acceptors (Lipinski definition) is 3. The van der Waals surface area contributed by atoms with E-state index in [2.05, 4.69) is 10.6 Å². The van der Waals surface area contributed by atoms with E-state index in [9.17, 15) is 4.79 Å². The Bertz CT molecular complexity index is 546. The Morgan fingerprint density at radius 3 is 2.90 bits per heavy atom. The molecule has 3 heterocycles. The van der Waals surface area contributed by atoms with Crippen molar-refractivity contribution in [2.75, 3.05) is 11.9 Å². The van der Waals surface area contributed by atoms with Crippen LogP contribution in [0.15, 0.2) is 18.2 Å². The van der Waals surface area contributed by atoms with E-state index in [4.69, 9.17) is 4.74 Å². The second-order valence-electron chi connectivity index (χ2n) is 6.65. The molecule has 1 aromatic carbocycles. The number of carbonyl (C=O) groups excluding carboxylic acids is 1. The van der Waals surface area contributed by atoms with Crippen LogP contribution in [0.2, 0.25) is 0 Å². The van der Waals surface area contributed by atoms with Gasteiger partial charge in [0, 0.05) is 30.6 Å². The normalized spacial score (nSPS) is 29.8. The first-order valence-corrected chi connectivity index (χ1v) is 8.08. The molecule has 0 spiro atoms.